The summed E-state index contributed by atoms with van der Waals surface area (Å²) in [4.78, 5) is 24.1. The summed E-state index contributed by atoms with van der Waals surface area (Å²) in [5, 5.41) is 8.91. The second kappa shape index (κ2) is 8.64. The van der Waals surface area contributed by atoms with Gasteiger partial charge < -0.3 is 20.7 Å². The van der Waals surface area contributed by atoms with Gasteiger partial charge in [0.05, 0.1) is 6.61 Å². The highest BCUT2D eigenvalue weighted by molar-refractivity contribution is 5.94. The van der Waals surface area contributed by atoms with E-state index < -0.39 is 6.10 Å². The van der Waals surface area contributed by atoms with Crippen molar-refractivity contribution in [2.75, 3.05) is 19.7 Å². The van der Waals surface area contributed by atoms with Gasteiger partial charge in [-0.15, -0.1) is 0 Å². The monoisotopic (exact) mass is 319 g/mol. The van der Waals surface area contributed by atoms with E-state index in [1.54, 1.807) is 12.1 Å². The van der Waals surface area contributed by atoms with Crippen LogP contribution in [0.5, 0.6) is 0 Å². The van der Waals surface area contributed by atoms with Crippen molar-refractivity contribution >= 4 is 11.8 Å². The van der Waals surface area contributed by atoms with E-state index in [4.69, 9.17) is 4.74 Å². The average Bonchev–Trinajstić information content (AvgIpc) is 2.60. The van der Waals surface area contributed by atoms with Gasteiger partial charge in [0.15, 0.2) is 0 Å². The van der Waals surface area contributed by atoms with Crippen molar-refractivity contribution in [3.05, 3.63) is 35.4 Å². The zero-order valence-electron chi connectivity index (χ0n) is 13.7. The van der Waals surface area contributed by atoms with E-state index in [1.807, 2.05) is 26.0 Å². The van der Waals surface area contributed by atoms with Crippen LogP contribution in [0.2, 0.25) is 0 Å². The van der Waals surface area contributed by atoms with Gasteiger partial charge >= 0.3 is 0 Å². The Bertz CT molecular complexity index is 542. The molecule has 6 heteroatoms. The second-order valence-corrected chi connectivity index (χ2v) is 5.76. The summed E-state index contributed by atoms with van der Waals surface area (Å²) in [5.74, 6) is -0.223. The minimum Gasteiger partial charge on any atom is -0.366 e. The molecule has 1 saturated heterocycles. The SMILES string of the molecule is CCC(C)NC(=O)c1cccc(CNC(=O)C2CNCCO2)c1. The molecule has 1 aromatic rings. The maximum Gasteiger partial charge on any atom is 0.251 e. The van der Waals surface area contributed by atoms with E-state index in [0.29, 0.717) is 25.3 Å². The fourth-order valence-corrected chi connectivity index (χ4v) is 2.27. The Morgan fingerprint density at radius 2 is 2.26 bits per heavy atom. The summed E-state index contributed by atoms with van der Waals surface area (Å²) < 4.78 is 5.41. The van der Waals surface area contributed by atoms with Gasteiger partial charge in [0.25, 0.3) is 11.8 Å². The maximum atomic E-state index is 12.1. The van der Waals surface area contributed by atoms with Gasteiger partial charge in [-0.25, -0.2) is 0 Å². The number of rotatable bonds is 6. The van der Waals surface area contributed by atoms with Crippen LogP contribution in [0.1, 0.15) is 36.2 Å². The first-order valence-electron chi connectivity index (χ1n) is 8.10. The Labute approximate surface area is 137 Å². The molecule has 0 aliphatic carbocycles. The summed E-state index contributed by atoms with van der Waals surface area (Å²) in [6.07, 6.45) is 0.442. The number of nitrogens with one attached hydrogen (secondary N) is 3. The standard InChI is InChI=1S/C17H25N3O3/c1-3-12(2)20-16(21)14-6-4-5-13(9-14)10-19-17(22)15-11-18-7-8-23-15/h4-6,9,12,15,18H,3,7-8,10-11H2,1-2H3,(H,19,22)(H,20,21). The van der Waals surface area contributed by atoms with Gasteiger partial charge in [0.2, 0.25) is 0 Å². The number of ether oxygens (including phenoxy) is 1. The lowest BCUT2D eigenvalue weighted by molar-refractivity contribution is -0.134. The zero-order valence-corrected chi connectivity index (χ0v) is 13.7. The highest BCUT2D eigenvalue weighted by Crippen LogP contribution is 2.07. The van der Waals surface area contributed by atoms with Crippen molar-refractivity contribution in [2.45, 2.75) is 39.0 Å². The Hall–Kier alpha value is -1.92. The molecule has 6 nitrogen and oxygen atoms in total. The minimum atomic E-state index is -0.444. The first-order valence-corrected chi connectivity index (χ1v) is 8.10. The molecule has 0 aromatic heterocycles. The van der Waals surface area contributed by atoms with Crippen molar-refractivity contribution in [3.63, 3.8) is 0 Å². The topological polar surface area (TPSA) is 79.5 Å². The van der Waals surface area contributed by atoms with Crippen molar-refractivity contribution < 1.29 is 14.3 Å². The van der Waals surface area contributed by atoms with E-state index in [-0.39, 0.29) is 17.9 Å². The Morgan fingerprint density at radius 1 is 1.43 bits per heavy atom. The average molecular weight is 319 g/mol. The van der Waals surface area contributed by atoms with Gasteiger partial charge in [0.1, 0.15) is 6.10 Å². The van der Waals surface area contributed by atoms with E-state index in [1.165, 1.54) is 0 Å². The summed E-state index contributed by atoms with van der Waals surface area (Å²) >= 11 is 0. The van der Waals surface area contributed by atoms with E-state index in [9.17, 15) is 9.59 Å². The van der Waals surface area contributed by atoms with Crippen LogP contribution in [0, 0.1) is 0 Å². The molecule has 3 N–H and O–H groups in total. The van der Waals surface area contributed by atoms with Gasteiger partial charge in [-0.1, -0.05) is 19.1 Å². The smallest absolute Gasteiger partial charge is 0.251 e. The third-order valence-electron chi connectivity index (χ3n) is 3.87. The lowest BCUT2D eigenvalue weighted by atomic mass is 10.1. The fourth-order valence-electron chi connectivity index (χ4n) is 2.27. The third kappa shape index (κ3) is 5.33. The highest BCUT2D eigenvalue weighted by Gasteiger charge is 2.21. The van der Waals surface area contributed by atoms with Crippen molar-refractivity contribution in [1.82, 2.24) is 16.0 Å². The van der Waals surface area contributed by atoms with Gasteiger partial charge in [0, 0.05) is 31.2 Å². The molecular weight excluding hydrogens is 294 g/mol. The molecule has 1 heterocycles. The maximum absolute atomic E-state index is 12.1. The summed E-state index contributed by atoms with van der Waals surface area (Å²) in [6.45, 7) is 6.23. The number of carbonyl (C=O) groups excluding carboxylic acids is 2. The Kier molecular flexibility index (Phi) is 6.55. The fraction of sp³-hybridized carbons (Fsp3) is 0.529. The number of carbonyl (C=O) groups is 2. The largest absolute Gasteiger partial charge is 0.366 e. The molecule has 2 atom stereocenters. The molecule has 0 saturated carbocycles. The van der Waals surface area contributed by atoms with Crippen LogP contribution in [0.4, 0.5) is 0 Å². The molecule has 1 aliphatic rings. The van der Waals surface area contributed by atoms with Gasteiger partial charge in [-0.3, -0.25) is 9.59 Å². The number of morpholine rings is 1. The molecule has 0 bridgehead atoms. The number of hydrogen-bond acceptors (Lipinski definition) is 4. The second-order valence-electron chi connectivity index (χ2n) is 5.76. The number of hydrogen-bond donors (Lipinski definition) is 3. The van der Waals surface area contributed by atoms with Crippen LogP contribution in [0.25, 0.3) is 0 Å². The lowest BCUT2D eigenvalue weighted by Crippen LogP contribution is -2.47. The summed E-state index contributed by atoms with van der Waals surface area (Å²) in [7, 11) is 0. The van der Waals surface area contributed by atoms with Crippen LogP contribution in [-0.4, -0.2) is 43.7 Å². The third-order valence-corrected chi connectivity index (χ3v) is 3.87. The van der Waals surface area contributed by atoms with Crippen LogP contribution < -0.4 is 16.0 Å². The molecule has 0 spiro atoms. The van der Waals surface area contributed by atoms with Crippen LogP contribution in [0.15, 0.2) is 24.3 Å². The van der Waals surface area contributed by atoms with Crippen LogP contribution >= 0.6 is 0 Å². The number of amides is 2. The molecule has 23 heavy (non-hydrogen) atoms. The first-order chi connectivity index (χ1) is 11.1. The molecule has 0 radical (unpaired) electrons. The molecule has 1 aliphatic heterocycles. The van der Waals surface area contributed by atoms with Crippen molar-refractivity contribution in [2.24, 2.45) is 0 Å². The Balaban J connectivity index is 1.89. The van der Waals surface area contributed by atoms with Gasteiger partial charge in [-0.2, -0.15) is 0 Å². The zero-order chi connectivity index (χ0) is 16.7. The van der Waals surface area contributed by atoms with E-state index in [0.717, 1.165) is 18.5 Å². The normalized spacial score (nSPS) is 19.0. The lowest BCUT2D eigenvalue weighted by Gasteiger charge is -2.22. The van der Waals surface area contributed by atoms with Crippen molar-refractivity contribution in [1.29, 1.82) is 0 Å². The van der Waals surface area contributed by atoms with Crippen molar-refractivity contribution in [3.8, 4) is 0 Å². The molecule has 126 valence electrons. The quantitative estimate of drug-likeness (QED) is 0.725. The first kappa shape index (κ1) is 17.4. The highest BCUT2D eigenvalue weighted by atomic mass is 16.5. The van der Waals surface area contributed by atoms with Gasteiger partial charge in [-0.05, 0) is 31.0 Å². The predicted octanol–water partition coefficient (Wildman–Crippen LogP) is 0.820. The molecule has 2 rings (SSSR count). The van der Waals surface area contributed by atoms with E-state index >= 15 is 0 Å². The summed E-state index contributed by atoms with van der Waals surface area (Å²) in [5.41, 5.74) is 1.49. The molecule has 1 fully saturated rings. The Morgan fingerprint density at radius 3 is 2.96 bits per heavy atom. The molecule has 2 amide bonds. The molecule has 2 unspecified atom stereocenters. The molecule has 1 aromatic carbocycles. The van der Waals surface area contributed by atoms with E-state index in [2.05, 4.69) is 16.0 Å². The number of benzene rings is 1. The summed E-state index contributed by atoms with van der Waals surface area (Å²) in [6, 6.07) is 7.43. The molecular formula is C17H25N3O3. The van der Waals surface area contributed by atoms with Crippen LogP contribution in [-0.2, 0) is 16.1 Å². The van der Waals surface area contributed by atoms with Crippen LogP contribution in [0.3, 0.4) is 0 Å². The predicted molar refractivity (Wildman–Crippen MR) is 88.1 cm³/mol. The minimum absolute atomic E-state index is 0.0904.